The van der Waals surface area contributed by atoms with Crippen LogP contribution in [0.15, 0.2) is 66.1 Å². The number of hydrogen-bond donors (Lipinski definition) is 2. The summed E-state index contributed by atoms with van der Waals surface area (Å²) in [4.78, 5) is 38.0. The van der Waals surface area contributed by atoms with Gasteiger partial charge in [-0.25, -0.2) is 13.2 Å². The van der Waals surface area contributed by atoms with Crippen LogP contribution in [0, 0.1) is 5.41 Å². The Labute approximate surface area is 161 Å². The number of amides is 4. The van der Waals surface area contributed by atoms with Crippen LogP contribution < -0.4 is 10.6 Å². The van der Waals surface area contributed by atoms with E-state index in [9.17, 15) is 22.8 Å². The first-order chi connectivity index (χ1) is 13.3. The second-order valence-electron chi connectivity index (χ2n) is 6.74. The Kier molecular flexibility index (Phi) is 4.15. The largest absolute Gasteiger partial charge is 0.328 e. The zero-order valence-corrected chi connectivity index (χ0v) is 15.4. The first-order valence-corrected chi connectivity index (χ1v) is 10.3. The predicted octanol–water partition coefficient (Wildman–Crippen LogP) is 1.59. The van der Waals surface area contributed by atoms with Crippen LogP contribution in [-0.2, 0) is 19.4 Å². The van der Waals surface area contributed by atoms with Gasteiger partial charge in [0.2, 0.25) is 11.8 Å². The fourth-order valence-electron chi connectivity index (χ4n) is 3.91. The SMILES string of the molecule is O=C1NC(=O)C2(C(=O)N1)C(c1ccccc1)=CS(=O)(=O)CC2c1ccccc1. The molecule has 2 aromatic carbocycles. The number of urea groups is 1. The molecule has 0 bridgehead atoms. The lowest BCUT2D eigenvalue weighted by Crippen LogP contribution is -2.66. The van der Waals surface area contributed by atoms with E-state index >= 15 is 0 Å². The fourth-order valence-corrected chi connectivity index (χ4v) is 5.59. The van der Waals surface area contributed by atoms with E-state index in [4.69, 9.17) is 0 Å². The zero-order valence-electron chi connectivity index (χ0n) is 14.6. The molecule has 2 aliphatic heterocycles. The Balaban J connectivity index is 2.05. The summed E-state index contributed by atoms with van der Waals surface area (Å²) < 4.78 is 25.4. The van der Waals surface area contributed by atoms with Gasteiger partial charge in [0.1, 0.15) is 0 Å². The molecule has 1 unspecified atom stereocenters. The van der Waals surface area contributed by atoms with Crippen molar-refractivity contribution >= 4 is 33.3 Å². The molecule has 0 saturated carbocycles. The third-order valence-corrected chi connectivity index (χ3v) is 6.49. The highest BCUT2D eigenvalue weighted by Crippen LogP contribution is 2.52. The maximum atomic E-state index is 13.1. The van der Waals surface area contributed by atoms with Crippen LogP contribution in [0.3, 0.4) is 0 Å². The number of benzene rings is 2. The molecular formula is C20H16N2O5S. The summed E-state index contributed by atoms with van der Waals surface area (Å²) in [6.45, 7) is 0. The molecule has 4 rings (SSSR count). The normalized spacial score (nSPS) is 22.9. The Hall–Kier alpha value is -3.26. The number of carbonyl (C=O) groups excluding carboxylic acids is 3. The van der Waals surface area contributed by atoms with Gasteiger partial charge in [-0.2, -0.15) is 0 Å². The van der Waals surface area contributed by atoms with Gasteiger partial charge in [0.25, 0.3) is 0 Å². The Morgan fingerprint density at radius 3 is 1.93 bits per heavy atom. The third kappa shape index (κ3) is 2.73. The van der Waals surface area contributed by atoms with Crippen molar-refractivity contribution in [1.82, 2.24) is 10.6 Å². The second-order valence-corrected chi connectivity index (χ2v) is 8.63. The van der Waals surface area contributed by atoms with Gasteiger partial charge in [0.05, 0.1) is 5.75 Å². The lowest BCUT2D eigenvalue weighted by molar-refractivity contribution is -0.141. The van der Waals surface area contributed by atoms with Crippen LogP contribution in [0.25, 0.3) is 5.57 Å². The van der Waals surface area contributed by atoms with E-state index in [1.165, 1.54) is 0 Å². The van der Waals surface area contributed by atoms with Crippen molar-refractivity contribution in [2.75, 3.05) is 5.75 Å². The Morgan fingerprint density at radius 2 is 1.36 bits per heavy atom. The summed E-state index contributed by atoms with van der Waals surface area (Å²) in [5, 5.41) is 5.29. The lowest BCUT2D eigenvalue weighted by atomic mass is 9.64. The van der Waals surface area contributed by atoms with Crippen LogP contribution in [0.1, 0.15) is 17.0 Å². The average Bonchev–Trinajstić information content (AvgIpc) is 2.67. The molecule has 2 N–H and O–H groups in total. The quantitative estimate of drug-likeness (QED) is 0.750. The lowest BCUT2D eigenvalue weighted by Gasteiger charge is -2.43. The van der Waals surface area contributed by atoms with Crippen molar-refractivity contribution in [3.05, 3.63) is 77.2 Å². The van der Waals surface area contributed by atoms with Crippen LogP contribution in [-0.4, -0.2) is 32.0 Å². The first kappa shape index (κ1) is 18.1. The molecule has 1 atom stereocenters. The number of barbiturate groups is 1. The number of sulfone groups is 1. The summed E-state index contributed by atoms with van der Waals surface area (Å²) in [6.07, 6.45) is 0. The average molecular weight is 396 g/mol. The van der Waals surface area contributed by atoms with Gasteiger partial charge < -0.3 is 0 Å². The highest BCUT2D eigenvalue weighted by Gasteiger charge is 2.61. The molecule has 1 spiro atoms. The van der Waals surface area contributed by atoms with Crippen LogP contribution in [0.2, 0.25) is 0 Å². The molecule has 4 amide bonds. The monoisotopic (exact) mass is 396 g/mol. The van der Waals surface area contributed by atoms with E-state index in [0.29, 0.717) is 11.1 Å². The van der Waals surface area contributed by atoms with Crippen molar-refractivity contribution in [3.63, 3.8) is 0 Å². The van der Waals surface area contributed by atoms with Gasteiger partial charge in [-0.1, -0.05) is 60.7 Å². The van der Waals surface area contributed by atoms with Crippen molar-refractivity contribution in [2.45, 2.75) is 5.92 Å². The maximum Gasteiger partial charge on any atom is 0.328 e. The molecule has 0 radical (unpaired) electrons. The Bertz CT molecular complexity index is 1090. The fraction of sp³-hybridized carbons (Fsp3) is 0.150. The van der Waals surface area contributed by atoms with Crippen molar-refractivity contribution in [2.24, 2.45) is 5.41 Å². The van der Waals surface area contributed by atoms with Gasteiger partial charge in [0, 0.05) is 11.3 Å². The van der Waals surface area contributed by atoms with Crippen molar-refractivity contribution < 1.29 is 22.8 Å². The molecule has 2 aliphatic rings. The maximum absolute atomic E-state index is 13.1. The minimum Gasteiger partial charge on any atom is -0.277 e. The smallest absolute Gasteiger partial charge is 0.277 e. The van der Waals surface area contributed by atoms with Gasteiger partial charge in [0.15, 0.2) is 15.3 Å². The number of hydrogen-bond acceptors (Lipinski definition) is 5. The molecule has 142 valence electrons. The van der Waals surface area contributed by atoms with Crippen LogP contribution in [0.4, 0.5) is 4.79 Å². The number of carbonyl (C=O) groups is 3. The highest BCUT2D eigenvalue weighted by molar-refractivity contribution is 7.94. The van der Waals surface area contributed by atoms with E-state index in [1.54, 1.807) is 60.7 Å². The predicted molar refractivity (Wildman–Crippen MR) is 102 cm³/mol. The van der Waals surface area contributed by atoms with Crippen LogP contribution >= 0.6 is 0 Å². The molecule has 2 heterocycles. The molecule has 7 nitrogen and oxygen atoms in total. The third-order valence-electron chi connectivity index (χ3n) is 5.10. The van der Waals surface area contributed by atoms with Gasteiger partial charge in [-0.15, -0.1) is 0 Å². The highest BCUT2D eigenvalue weighted by atomic mass is 32.2. The Morgan fingerprint density at radius 1 is 0.821 bits per heavy atom. The van der Waals surface area contributed by atoms with Crippen molar-refractivity contribution in [3.8, 4) is 0 Å². The number of rotatable bonds is 2. The van der Waals surface area contributed by atoms with E-state index in [-0.39, 0.29) is 5.57 Å². The van der Waals surface area contributed by atoms with E-state index in [2.05, 4.69) is 10.6 Å². The molecule has 8 heteroatoms. The molecule has 0 aromatic heterocycles. The molecule has 0 aliphatic carbocycles. The van der Waals surface area contributed by atoms with E-state index in [0.717, 1.165) is 5.41 Å². The van der Waals surface area contributed by atoms with Crippen LogP contribution in [0.5, 0.6) is 0 Å². The molecule has 2 aromatic rings. The van der Waals surface area contributed by atoms with E-state index < -0.39 is 44.8 Å². The van der Waals surface area contributed by atoms with Gasteiger partial charge in [-0.05, 0) is 16.7 Å². The van der Waals surface area contributed by atoms with E-state index in [1.807, 2.05) is 0 Å². The number of imide groups is 2. The topological polar surface area (TPSA) is 109 Å². The first-order valence-electron chi connectivity index (χ1n) is 8.57. The summed E-state index contributed by atoms with van der Waals surface area (Å²) in [5.41, 5.74) is -0.892. The zero-order chi connectivity index (χ0) is 19.9. The minimum atomic E-state index is -3.72. The second kappa shape index (κ2) is 6.42. The van der Waals surface area contributed by atoms with Gasteiger partial charge >= 0.3 is 6.03 Å². The molecule has 1 saturated heterocycles. The molecule has 28 heavy (non-hydrogen) atoms. The molecular weight excluding hydrogens is 380 g/mol. The summed E-state index contributed by atoms with van der Waals surface area (Å²) in [7, 11) is -3.72. The number of nitrogens with one attached hydrogen (secondary N) is 2. The summed E-state index contributed by atoms with van der Waals surface area (Å²) in [6, 6.07) is 16.0. The van der Waals surface area contributed by atoms with Crippen molar-refractivity contribution in [1.29, 1.82) is 0 Å². The minimum absolute atomic E-state index is 0.0516. The summed E-state index contributed by atoms with van der Waals surface area (Å²) >= 11 is 0. The molecule has 1 fully saturated rings. The summed E-state index contributed by atoms with van der Waals surface area (Å²) in [5.74, 6) is -3.09. The van der Waals surface area contributed by atoms with Gasteiger partial charge in [-0.3, -0.25) is 20.2 Å². The standard InChI is InChI=1S/C20H16N2O5S/c23-17-20(18(24)22-19(25)21-17)15(13-7-3-1-4-8-13)11-28(26,27)12-16(20)14-9-5-2-6-10-14/h1-11,16H,12H2,(H2,21,22,23,24,25).